The van der Waals surface area contributed by atoms with Crippen molar-refractivity contribution in [2.75, 3.05) is 5.32 Å². The molecule has 5 nitrogen and oxygen atoms in total. The van der Waals surface area contributed by atoms with Gasteiger partial charge in [0.2, 0.25) is 0 Å². The van der Waals surface area contributed by atoms with Crippen LogP contribution in [0.1, 0.15) is 17.1 Å². The summed E-state index contributed by atoms with van der Waals surface area (Å²) < 4.78 is 2.05. The summed E-state index contributed by atoms with van der Waals surface area (Å²) in [5, 5.41) is 15.6. The molecule has 124 valence electrons. The van der Waals surface area contributed by atoms with E-state index in [1.54, 1.807) is 23.1 Å². The maximum atomic E-state index is 4.65. The van der Waals surface area contributed by atoms with Gasteiger partial charge in [0.25, 0.3) is 0 Å². The Morgan fingerprint density at radius 3 is 2.92 bits per heavy atom. The van der Waals surface area contributed by atoms with E-state index in [2.05, 4.69) is 56.1 Å². The maximum Gasteiger partial charge on any atom is 0.191 e. The van der Waals surface area contributed by atoms with Crippen molar-refractivity contribution in [1.29, 1.82) is 0 Å². The number of para-hydroxylation sites is 1. The van der Waals surface area contributed by atoms with E-state index in [0.717, 1.165) is 39.8 Å². The second kappa shape index (κ2) is 7.63. The van der Waals surface area contributed by atoms with Gasteiger partial charge in [-0.15, -0.1) is 28.1 Å². The summed E-state index contributed by atoms with van der Waals surface area (Å²) in [7, 11) is 0. The van der Waals surface area contributed by atoms with E-state index in [9.17, 15) is 0 Å². The number of hydrogen-bond acceptors (Lipinski definition) is 6. The normalized spacial score (nSPS) is 10.8. The lowest BCUT2D eigenvalue weighted by molar-refractivity contribution is 0.703. The average molecular weight is 358 g/mol. The third-order valence-electron chi connectivity index (χ3n) is 3.50. The molecule has 0 spiro atoms. The first-order valence-electron chi connectivity index (χ1n) is 7.58. The van der Waals surface area contributed by atoms with Gasteiger partial charge in [-0.3, -0.25) is 0 Å². The summed E-state index contributed by atoms with van der Waals surface area (Å²) in [5.41, 5.74) is 3.33. The molecule has 0 unspecified atom stereocenters. The summed E-state index contributed by atoms with van der Waals surface area (Å²) in [6.45, 7) is 8.54. The fraction of sp³-hybridized carbons (Fsp3) is 0.235. The van der Waals surface area contributed by atoms with Crippen molar-refractivity contribution in [1.82, 2.24) is 19.7 Å². The number of nitrogens with one attached hydrogen (secondary N) is 1. The van der Waals surface area contributed by atoms with Gasteiger partial charge >= 0.3 is 0 Å². The average Bonchev–Trinajstić information content (AvgIpc) is 3.16. The van der Waals surface area contributed by atoms with Gasteiger partial charge in [0.05, 0.1) is 5.69 Å². The topological polar surface area (TPSA) is 55.6 Å². The van der Waals surface area contributed by atoms with Crippen LogP contribution < -0.4 is 5.32 Å². The Kier molecular flexibility index (Phi) is 5.32. The van der Waals surface area contributed by atoms with Gasteiger partial charge in [-0.25, -0.2) is 4.98 Å². The van der Waals surface area contributed by atoms with Crippen molar-refractivity contribution in [3.8, 4) is 0 Å². The Labute approximate surface area is 149 Å². The van der Waals surface area contributed by atoms with Crippen molar-refractivity contribution < 1.29 is 0 Å². The van der Waals surface area contributed by atoms with Crippen LogP contribution in [0.4, 0.5) is 10.8 Å². The molecule has 0 amide bonds. The zero-order valence-electron chi connectivity index (χ0n) is 13.7. The lowest BCUT2D eigenvalue weighted by Gasteiger charge is -2.05. The first kappa shape index (κ1) is 16.7. The standard InChI is InChI=1S/C17H19N5S2/c1-4-9-22-13(3)20-21-17(22)24-11-14-10-23-16(18-14)19-15-8-6-5-7-12(15)2/h4-8,10H,1,9,11H2,2-3H3,(H,18,19). The van der Waals surface area contributed by atoms with Gasteiger partial charge in [-0.05, 0) is 25.5 Å². The highest BCUT2D eigenvalue weighted by Crippen LogP contribution is 2.27. The van der Waals surface area contributed by atoms with Gasteiger partial charge in [0, 0.05) is 23.4 Å². The minimum Gasteiger partial charge on any atom is -0.331 e. The van der Waals surface area contributed by atoms with E-state index in [4.69, 9.17) is 0 Å². The van der Waals surface area contributed by atoms with E-state index in [1.807, 2.05) is 25.1 Å². The zero-order valence-corrected chi connectivity index (χ0v) is 15.3. The molecule has 2 aromatic heterocycles. The van der Waals surface area contributed by atoms with Crippen molar-refractivity contribution in [2.24, 2.45) is 0 Å². The van der Waals surface area contributed by atoms with Crippen LogP contribution in [0.25, 0.3) is 0 Å². The molecule has 0 fully saturated rings. The first-order valence-corrected chi connectivity index (χ1v) is 9.44. The summed E-state index contributed by atoms with van der Waals surface area (Å²) in [6, 6.07) is 8.20. The van der Waals surface area contributed by atoms with Crippen LogP contribution in [0, 0.1) is 13.8 Å². The van der Waals surface area contributed by atoms with Crippen LogP contribution >= 0.6 is 23.1 Å². The smallest absolute Gasteiger partial charge is 0.191 e. The van der Waals surface area contributed by atoms with E-state index < -0.39 is 0 Å². The number of anilines is 2. The number of hydrogen-bond donors (Lipinski definition) is 1. The highest BCUT2D eigenvalue weighted by molar-refractivity contribution is 7.98. The SMILES string of the molecule is C=CCn1c(C)nnc1SCc1csc(Nc2ccccc2C)n1. The van der Waals surface area contributed by atoms with Crippen LogP contribution in [0.2, 0.25) is 0 Å². The van der Waals surface area contributed by atoms with E-state index >= 15 is 0 Å². The number of allylic oxidation sites excluding steroid dienone is 1. The summed E-state index contributed by atoms with van der Waals surface area (Å²) >= 11 is 3.26. The summed E-state index contributed by atoms with van der Waals surface area (Å²) in [5.74, 6) is 1.67. The predicted molar refractivity (Wildman–Crippen MR) is 101 cm³/mol. The number of thioether (sulfide) groups is 1. The number of rotatable bonds is 7. The third-order valence-corrected chi connectivity index (χ3v) is 5.31. The van der Waals surface area contributed by atoms with Crippen LogP contribution in [-0.2, 0) is 12.3 Å². The minimum absolute atomic E-state index is 0.721. The van der Waals surface area contributed by atoms with Gasteiger partial charge in [-0.2, -0.15) is 0 Å². The van der Waals surface area contributed by atoms with Gasteiger partial charge in [0.15, 0.2) is 10.3 Å². The molecule has 3 rings (SSSR count). The van der Waals surface area contributed by atoms with Gasteiger partial charge < -0.3 is 9.88 Å². The Morgan fingerprint density at radius 1 is 1.29 bits per heavy atom. The Bertz CT molecular complexity index is 837. The van der Waals surface area contributed by atoms with E-state index in [-0.39, 0.29) is 0 Å². The molecule has 24 heavy (non-hydrogen) atoms. The molecule has 0 aliphatic carbocycles. The fourth-order valence-corrected chi connectivity index (χ4v) is 3.92. The number of aromatic nitrogens is 4. The maximum absolute atomic E-state index is 4.65. The largest absolute Gasteiger partial charge is 0.331 e. The summed E-state index contributed by atoms with van der Waals surface area (Å²) in [6.07, 6.45) is 1.85. The van der Waals surface area contributed by atoms with Gasteiger partial charge in [-0.1, -0.05) is 36.0 Å². The third kappa shape index (κ3) is 3.85. The fourth-order valence-electron chi connectivity index (χ4n) is 2.21. The molecule has 3 aromatic rings. The lowest BCUT2D eigenvalue weighted by atomic mass is 10.2. The van der Waals surface area contributed by atoms with Crippen molar-refractivity contribution in [3.05, 3.63) is 59.4 Å². The Hall–Kier alpha value is -2.12. The number of nitrogens with zero attached hydrogens (tertiary/aromatic N) is 4. The lowest BCUT2D eigenvalue weighted by Crippen LogP contribution is -2.00. The van der Waals surface area contributed by atoms with Crippen LogP contribution in [0.5, 0.6) is 0 Å². The zero-order chi connectivity index (χ0) is 16.9. The molecule has 0 saturated heterocycles. The highest BCUT2D eigenvalue weighted by Gasteiger charge is 2.10. The molecule has 0 atom stereocenters. The molecule has 0 saturated carbocycles. The van der Waals surface area contributed by atoms with Crippen LogP contribution in [0.15, 0.2) is 47.5 Å². The molecule has 0 aliphatic heterocycles. The molecular weight excluding hydrogens is 338 g/mol. The monoisotopic (exact) mass is 357 g/mol. The molecule has 1 N–H and O–H groups in total. The second-order valence-corrected chi connectivity index (χ2v) is 7.10. The van der Waals surface area contributed by atoms with Crippen molar-refractivity contribution >= 4 is 33.9 Å². The molecule has 0 bridgehead atoms. The minimum atomic E-state index is 0.721. The molecule has 7 heteroatoms. The molecule has 0 radical (unpaired) electrons. The Balaban J connectivity index is 1.64. The van der Waals surface area contributed by atoms with Crippen molar-refractivity contribution in [2.45, 2.75) is 31.3 Å². The highest BCUT2D eigenvalue weighted by atomic mass is 32.2. The molecule has 1 aromatic carbocycles. The first-order chi connectivity index (χ1) is 11.7. The van der Waals surface area contributed by atoms with E-state index in [1.165, 1.54) is 5.56 Å². The Morgan fingerprint density at radius 2 is 2.12 bits per heavy atom. The number of thiazole rings is 1. The second-order valence-electron chi connectivity index (χ2n) is 5.30. The quantitative estimate of drug-likeness (QED) is 0.496. The number of aryl methyl sites for hydroxylation is 2. The molecule has 0 aliphatic rings. The summed E-state index contributed by atoms with van der Waals surface area (Å²) in [4.78, 5) is 4.65. The van der Waals surface area contributed by atoms with Crippen molar-refractivity contribution in [3.63, 3.8) is 0 Å². The van der Waals surface area contributed by atoms with E-state index in [0.29, 0.717) is 0 Å². The molecular formula is C17H19N5S2. The number of benzene rings is 1. The predicted octanol–water partition coefficient (Wildman–Crippen LogP) is 4.57. The van der Waals surface area contributed by atoms with Gasteiger partial charge in [0.1, 0.15) is 5.82 Å². The van der Waals surface area contributed by atoms with Crippen LogP contribution in [0.3, 0.4) is 0 Å². The molecule has 2 heterocycles. The van der Waals surface area contributed by atoms with Crippen LogP contribution in [-0.4, -0.2) is 19.7 Å².